The number of hydrogen-bond donors (Lipinski definition) is 3. The Bertz CT molecular complexity index is 1490. The highest BCUT2D eigenvalue weighted by molar-refractivity contribution is 7.86. The van der Waals surface area contributed by atoms with Crippen molar-refractivity contribution < 1.29 is 13.4 Å². The standard InChI is InChI=1S/C22H16FN5O3S2/c1-25-19-10-13-8-9-28(21(29)17(13)11-18(19)23)15-4-2-14(3-5-15)26-22(30)27-33(31)20-7-6-16(12-24)32-20/h2-11,25H,1H3,(H2,26,27,30). The van der Waals surface area contributed by atoms with Gasteiger partial charge in [-0.1, -0.05) is 0 Å². The first kappa shape index (κ1) is 22.2. The molecule has 2 aromatic heterocycles. The quantitative estimate of drug-likeness (QED) is 0.399. The van der Waals surface area contributed by atoms with Crippen molar-refractivity contribution in [2.75, 3.05) is 17.7 Å². The zero-order valence-electron chi connectivity index (χ0n) is 17.1. The van der Waals surface area contributed by atoms with Crippen LogP contribution in [0, 0.1) is 17.1 Å². The topological polar surface area (TPSA) is 116 Å². The Kier molecular flexibility index (Phi) is 6.21. The van der Waals surface area contributed by atoms with E-state index in [2.05, 4.69) is 15.4 Å². The lowest BCUT2D eigenvalue weighted by Gasteiger charge is -2.11. The fourth-order valence-corrected chi connectivity index (χ4v) is 4.88. The van der Waals surface area contributed by atoms with Crippen LogP contribution in [0.25, 0.3) is 16.5 Å². The molecule has 0 aliphatic carbocycles. The Labute approximate surface area is 193 Å². The first-order chi connectivity index (χ1) is 15.9. The number of rotatable bonds is 5. The number of carbonyl (C=O) groups excluding carboxylic acids is 1. The van der Waals surface area contributed by atoms with Gasteiger partial charge in [-0.2, -0.15) is 5.26 Å². The summed E-state index contributed by atoms with van der Waals surface area (Å²) < 4.78 is 30.4. The van der Waals surface area contributed by atoms with E-state index in [1.54, 1.807) is 49.6 Å². The normalized spacial score (nSPS) is 11.5. The Hall–Kier alpha value is -4.01. The third kappa shape index (κ3) is 4.62. The first-order valence-electron chi connectivity index (χ1n) is 9.52. The Balaban J connectivity index is 1.50. The van der Waals surface area contributed by atoms with Crippen LogP contribution in [0.1, 0.15) is 4.88 Å². The van der Waals surface area contributed by atoms with E-state index in [-0.39, 0.29) is 10.9 Å². The van der Waals surface area contributed by atoms with Crippen molar-refractivity contribution in [2.24, 2.45) is 0 Å². The van der Waals surface area contributed by atoms with Gasteiger partial charge in [0.05, 0.1) is 11.1 Å². The van der Waals surface area contributed by atoms with Crippen molar-refractivity contribution in [2.45, 2.75) is 4.21 Å². The highest BCUT2D eigenvalue weighted by Crippen LogP contribution is 2.22. The molecular weight excluding hydrogens is 465 g/mol. The van der Waals surface area contributed by atoms with Crippen LogP contribution < -0.4 is 20.9 Å². The highest BCUT2D eigenvalue weighted by atomic mass is 32.2. The van der Waals surface area contributed by atoms with E-state index in [1.165, 1.54) is 22.8 Å². The molecule has 4 rings (SSSR count). The van der Waals surface area contributed by atoms with Crippen molar-refractivity contribution >= 4 is 50.5 Å². The molecule has 166 valence electrons. The number of nitrogens with zero attached hydrogens (tertiary/aromatic N) is 2. The number of carbonyl (C=O) groups is 1. The number of urea groups is 1. The second kappa shape index (κ2) is 9.23. The lowest BCUT2D eigenvalue weighted by molar-refractivity contribution is 0.257. The predicted octanol–water partition coefficient (Wildman–Crippen LogP) is 3.95. The lowest BCUT2D eigenvalue weighted by Crippen LogP contribution is -2.30. The molecule has 2 amide bonds. The molecule has 0 aliphatic rings. The molecule has 1 atom stereocenters. The molecule has 0 saturated carbocycles. The van der Waals surface area contributed by atoms with E-state index < -0.39 is 22.8 Å². The number of amides is 2. The summed E-state index contributed by atoms with van der Waals surface area (Å²) in [4.78, 5) is 25.4. The minimum absolute atomic E-state index is 0.242. The van der Waals surface area contributed by atoms with Gasteiger partial charge in [0.25, 0.3) is 5.56 Å². The lowest BCUT2D eigenvalue weighted by atomic mass is 10.1. The van der Waals surface area contributed by atoms with Gasteiger partial charge in [0.2, 0.25) is 0 Å². The summed E-state index contributed by atoms with van der Waals surface area (Å²) in [5.41, 5.74) is 0.863. The van der Waals surface area contributed by atoms with E-state index in [4.69, 9.17) is 5.26 Å². The van der Waals surface area contributed by atoms with Crippen molar-refractivity contribution in [3.05, 3.63) is 81.8 Å². The van der Waals surface area contributed by atoms with Crippen LogP contribution in [-0.4, -0.2) is 21.9 Å². The zero-order valence-corrected chi connectivity index (χ0v) is 18.7. The van der Waals surface area contributed by atoms with Gasteiger partial charge in [0, 0.05) is 24.6 Å². The van der Waals surface area contributed by atoms with Crippen molar-refractivity contribution in [3.63, 3.8) is 0 Å². The summed E-state index contributed by atoms with van der Waals surface area (Å²) in [6.45, 7) is 0. The summed E-state index contributed by atoms with van der Waals surface area (Å²) in [6, 6.07) is 15.2. The van der Waals surface area contributed by atoms with Crippen LogP contribution in [0.15, 0.2) is 69.8 Å². The van der Waals surface area contributed by atoms with Crippen molar-refractivity contribution in [1.82, 2.24) is 9.29 Å². The van der Waals surface area contributed by atoms with E-state index in [9.17, 15) is 18.2 Å². The molecule has 11 heteroatoms. The van der Waals surface area contributed by atoms with E-state index in [1.807, 2.05) is 6.07 Å². The van der Waals surface area contributed by atoms with Gasteiger partial charge in [-0.25, -0.2) is 13.4 Å². The number of benzene rings is 2. The number of halogens is 1. The third-order valence-electron chi connectivity index (χ3n) is 4.72. The monoisotopic (exact) mass is 481 g/mol. The third-order valence-corrected chi connectivity index (χ3v) is 7.08. The average molecular weight is 482 g/mol. The molecule has 33 heavy (non-hydrogen) atoms. The van der Waals surface area contributed by atoms with Crippen LogP contribution >= 0.6 is 11.3 Å². The maximum Gasteiger partial charge on any atom is 0.331 e. The summed E-state index contributed by atoms with van der Waals surface area (Å²) in [7, 11) is -0.195. The molecule has 4 aromatic rings. The van der Waals surface area contributed by atoms with Crippen molar-refractivity contribution in [1.29, 1.82) is 5.26 Å². The Morgan fingerprint density at radius 2 is 1.91 bits per heavy atom. The van der Waals surface area contributed by atoms with Crippen LogP contribution in [-0.2, 0) is 11.0 Å². The van der Waals surface area contributed by atoms with Crippen LogP contribution in [0.5, 0.6) is 0 Å². The van der Waals surface area contributed by atoms with E-state index >= 15 is 0 Å². The number of anilines is 2. The molecule has 1 unspecified atom stereocenters. The smallest absolute Gasteiger partial charge is 0.331 e. The van der Waals surface area contributed by atoms with E-state index in [0.717, 1.165) is 11.3 Å². The molecule has 0 bridgehead atoms. The number of hydrogen-bond acceptors (Lipinski definition) is 6. The molecule has 0 saturated heterocycles. The Morgan fingerprint density at radius 1 is 1.15 bits per heavy atom. The number of fused-ring (bicyclic) bond motifs is 1. The maximum atomic E-state index is 14.1. The van der Waals surface area contributed by atoms with E-state index in [0.29, 0.717) is 31.5 Å². The average Bonchev–Trinajstić information content (AvgIpc) is 3.30. The maximum absolute atomic E-state index is 14.1. The fourth-order valence-electron chi connectivity index (χ4n) is 3.14. The molecule has 2 heterocycles. The zero-order chi connectivity index (χ0) is 23.5. The summed E-state index contributed by atoms with van der Waals surface area (Å²) >= 11 is 1.03. The molecule has 0 radical (unpaired) electrons. The van der Waals surface area contributed by atoms with Crippen LogP contribution in [0.2, 0.25) is 0 Å². The van der Waals surface area contributed by atoms with Gasteiger partial charge in [-0.05, 0) is 60.0 Å². The minimum Gasteiger partial charge on any atom is -0.386 e. The fraction of sp³-hybridized carbons (Fsp3) is 0.0455. The van der Waals surface area contributed by atoms with Gasteiger partial charge in [-0.15, -0.1) is 11.3 Å². The predicted molar refractivity (Wildman–Crippen MR) is 127 cm³/mol. The summed E-state index contributed by atoms with van der Waals surface area (Å²) in [6.07, 6.45) is 1.59. The minimum atomic E-state index is -1.80. The first-order valence-corrected chi connectivity index (χ1v) is 11.5. The molecule has 8 nitrogen and oxygen atoms in total. The molecule has 2 aromatic carbocycles. The molecular formula is C22H16FN5O3S2. The van der Waals surface area contributed by atoms with Crippen LogP contribution in [0.4, 0.5) is 20.6 Å². The van der Waals surface area contributed by atoms with Gasteiger partial charge in [0.15, 0.2) is 11.0 Å². The summed E-state index contributed by atoms with van der Waals surface area (Å²) in [5, 5.41) is 15.0. The van der Waals surface area contributed by atoms with Crippen molar-refractivity contribution in [3.8, 4) is 11.8 Å². The van der Waals surface area contributed by atoms with Gasteiger partial charge < -0.3 is 10.6 Å². The SMILES string of the molecule is CNc1cc2ccn(-c3ccc(NC(=O)NS(=O)c4ccc(C#N)s4)cc3)c(=O)c2cc1F. The molecule has 3 N–H and O–H groups in total. The number of pyridine rings is 1. The molecule has 0 fully saturated rings. The largest absolute Gasteiger partial charge is 0.386 e. The number of nitriles is 1. The number of aromatic nitrogens is 1. The molecule has 0 spiro atoms. The van der Waals surface area contributed by atoms with Gasteiger partial charge in [0.1, 0.15) is 21.0 Å². The molecule has 0 aliphatic heterocycles. The number of nitrogens with one attached hydrogen (secondary N) is 3. The van der Waals surface area contributed by atoms with Gasteiger partial charge >= 0.3 is 6.03 Å². The Morgan fingerprint density at radius 3 is 2.58 bits per heavy atom. The second-order valence-electron chi connectivity index (χ2n) is 6.76. The summed E-state index contributed by atoms with van der Waals surface area (Å²) in [5.74, 6) is -0.519. The number of thiophene rings is 1. The highest BCUT2D eigenvalue weighted by Gasteiger charge is 2.12. The van der Waals surface area contributed by atoms with Crippen LogP contribution in [0.3, 0.4) is 0 Å². The second-order valence-corrected chi connectivity index (χ2v) is 9.29. The van der Waals surface area contributed by atoms with Gasteiger partial charge in [-0.3, -0.25) is 14.1 Å².